The molecule has 1 rings (SSSR count). The SMILES string of the molecule is CCNC(=O)N(N)Cc1ccc(C(C)(C)C)cc1. The maximum Gasteiger partial charge on any atom is 0.331 e. The van der Waals surface area contributed by atoms with E-state index in [4.69, 9.17) is 5.84 Å². The monoisotopic (exact) mass is 249 g/mol. The molecule has 0 atom stereocenters. The minimum absolute atomic E-state index is 0.139. The van der Waals surface area contributed by atoms with Crippen LogP contribution in [0.25, 0.3) is 0 Å². The first kappa shape index (κ1) is 14.5. The van der Waals surface area contributed by atoms with Crippen molar-refractivity contribution >= 4 is 6.03 Å². The predicted molar refractivity (Wildman–Crippen MR) is 73.9 cm³/mol. The van der Waals surface area contributed by atoms with Gasteiger partial charge in [-0.1, -0.05) is 45.0 Å². The van der Waals surface area contributed by atoms with E-state index < -0.39 is 0 Å². The van der Waals surface area contributed by atoms with E-state index in [0.29, 0.717) is 13.1 Å². The van der Waals surface area contributed by atoms with Gasteiger partial charge in [0.15, 0.2) is 0 Å². The Morgan fingerprint density at radius 3 is 2.28 bits per heavy atom. The predicted octanol–water partition coefficient (Wildman–Crippen LogP) is 2.39. The summed E-state index contributed by atoms with van der Waals surface area (Å²) in [7, 11) is 0. The molecule has 1 aromatic rings. The summed E-state index contributed by atoms with van der Waals surface area (Å²) in [5.41, 5.74) is 2.44. The highest BCUT2D eigenvalue weighted by molar-refractivity contribution is 5.73. The number of urea groups is 1. The van der Waals surface area contributed by atoms with Crippen molar-refractivity contribution in [2.24, 2.45) is 5.84 Å². The number of carbonyl (C=O) groups is 1. The summed E-state index contributed by atoms with van der Waals surface area (Å²) in [4.78, 5) is 11.5. The van der Waals surface area contributed by atoms with Crippen molar-refractivity contribution in [1.82, 2.24) is 10.3 Å². The van der Waals surface area contributed by atoms with Crippen LogP contribution < -0.4 is 11.2 Å². The molecule has 0 saturated carbocycles. The van der Waals surface area contributed by atoms with Crippen molar-refractivity contribution in [2.45, 2.75) is 39.7 Å². The number of hydrogen-bond acceptors (Lipinski definition) is 2. The largest absolute Gasteiger partial charge is 0.337 e. The van der Waals surface area contributed by atoms with Gasteiger partial charge in [-0.25, -0.2) is 10.6 Å². The average molecular weight is 249 g/mol. The number of nitrogens with two attached hydrogens (primary N) is 1. The maximum atomic E-state index is 11.5. The molecule has 2 amide bonds. The third-order valence-corrected chi connectivity index (χ3v) is 2.76. The van der Waals surface area contributed by atoms with Gasteiger partial charge in [-0.2, -0.15) is 0 Å². The molecule has 4 heteroatoms. The van der Waals surface area contributed by atoms with Crippen molar-refractivity contribution in [1.29, 1.82) is 0 Å². The van der Waals surface area contributed by atoms with Gasteiger partial charge in [-0.3, -0.25) is 5.01 Å². The van der Waals surface area contributed by atoms with Gasteiger partial charge >= 0.3 is 6.03 Å². The Balaban J connectivity index is 2.67. The van der Waals surface area contributed by atoms with E-state index in [2.05, 4.69) is 38.2 Å². The Morgan fingerprint density at radius 2 is 1.83 bits per heavy atom. The molecule has 0 fully saturated rings. The molecule has 0 aliphatic heterocycles. The number of amides is 2. The Labute approximate surface area is 109 Å². The third-order valence-electron chi connectivity index (χ3n) is 2.76. The fourth-order valence-corrected chi connectivity index (χ4v) is 1.63. The zero-order valence-corrected chi connectivity index (χ0v) is 11.7. The summed E-state index contributed by atoms with van der Waals surface area (Å²) in [6.45, 7) is 9.37. The number of hydrazine groups is 1. The minimum Gasteiger partial charge on any atom is -0.337 e. The minimum atomic E-state index is -0.252. The maximum absolute atomic E-state index is 11.5. The van der Waals surface area contributed by atoms with Gasteiger partial charge in [0.05, 0.1) is 6.54 Å². The molecule has 0 radical (unpaired) electrons. The zero-order chi connectivity index (χ0) is 13.8. The van der Waals surface area contributed by atoms with Crippen molar-refractivity contribution in [3.8, 4) is 0 Å². The first-order valence-electron chi connectivity index (χ1n) is 6.24. The van der Waals surface area contributed by atoms with Gasteiger partial charge in [0.1, 0.15) is 0 Å². The molecule has 0 aromatic heterocycles. The second kappa shape index (κ2) is 5.87. The van der Waals surface area contributed by atoms with Crippen LogP contribution in [0.5, 0.6) is 0 Å². The van der Waals surface area contributed by atoms with Gasteiger partial charge in [-0.15, -0.1) is 0 Å². The standard InChI is InChI=1S/C14H23N3O/c1-5-16-13(18)17(15)10-11-6-8-12(9-7-11)14(2,3)4/h6-9H,5,10,15H2,1-4H3,(H,16,18). The van der Waals surface area contributed by atoms with Crippen molar-refractivity contribution in [3.63, 3.8) is 0 Å². The lowest BCUT2D eigenvalue weighted by atomic mass is 9.87. The summed E-state index contributed by atoms with van der Waals surface area (Å²) in [5.74, 6) is 5.68. The molecule has 1 aromatic carbocycles. The molecule has 0 unspecified atom stereocenters. The van der Waals surface area contributed by atoms with Crippen LogP contribution >= 0.6 is 0 Å². The van der Waals surface area contributed by atoms with E-state index in [1.165, 1.54) is 10.6 Å². The van der Waals surface area contributed by atoms with Crippen LogP contribution in [0.15, 0.2) is 24.3 Å². The van der Waals surface area contributed by atoms with Gasteiger partial charge < -0.3 is 5.32 Å². The van der Waals surface area contributed by atoms with Crippen LogP contribution in [0.3, 0.4) is 0 Å². The molecule has 0 saturated heterocycles. The molecular formula is C14H23N3O. The second-order valence-corrected chi connectivity index (χ2v) is 5.41. The molecular weight excluding hydrogens is 226 g/mol. The van der Waals surface area contributed by atoms with Gasteiger partial charge in [0.2, 0.25) is 0 Å². The lowest BCUT2D eigenvalue weighted by Gasteiger charge is -2.20. The smallest absolute Gasteiger partial charge is 0.331 e. The molecule has 0 heterocycles. The van der Waals surface area contributed by atoms with Gasteiger partial charge in [-0.05, 0) is 23.5 Å². The van der Waals surface area contributed by atoms with E-state index in [-0.39, 0.29) is 11.4 Å². The summed E-state index contributed by atoms with van der Waals surface area (Å²) < 4.78 is 0. The van der Waals surface area contributed by atoms with E-state index in [1.54, 1.807) is 0 Å². The van der Waals surface area contributed by atoms with Crippen molar-refractivity contribution < 1.29 is 4.79 Å². The summed E-state index contributed by atoms with van der Waals surface area (Å²) in [6.07, 6.45) is 0. The molecule has 18 heavy (non-hydrogen) atoms. The van der Waals surface area contributed by atoms with E-state index >= 15 is 0 Å². The van der Waals surface area contributed by atoms with Gasteiger partial charge in [0, 0.05) is 6.54 Å². The first-order valence-corrected chi connectivity index (χ1v) is 6.24. The lowest BCUT2D eigenvalue weighted by Crippen LogP contribution is -2.43. The Hall–Kier alpha value is -1.55. The summed E-state index contributed by atoms with van der Waals surface area (Å²) >= 11 is 0. The molecule has 100 valence electrons. The highest BCUT2D eigenvalue weighted by Gasteiger charge is 2.13. The zero-order valence-electron chi connectivity index (χ0n) is 11.7. The van der Waals surface area contributed by atoms with Crippen LogP contribution in [0.1, 0.15) is 38.8 Å². The molecule has 0 bridgehead atoms. The number of nitrogens with one attached hydrogen (secondary N) is 1. The summed E-state index contributed by atoms with van der Waals surface area (Å²) in [6, 6.07) is 7.94. The average Bonchev–Trinajstić information content (AvgIpc) is 2.28. The Bertz CT molecular complexity index is 392. The van der Waals surface area contributed by atoms with Crippen molar-refractivity contribution in [3.05, 3.63) is 35.4 Å². The van der Waals surface area contributed by atoms with Crippen LogP contribution in [0.2, 0.25) is 0 Å². The van der Waals surface area contributed by atoms with E-state index in [0.717, 1.165) is 5.56 Å². The Kier molecular flexibility index (Phi) is 4.73. The van der Waals surface area contributed by atoms with Crippen molar-refractivity contribution in [2.75, 3.05) is 6.54 Å². The van der Waals surface area contributed by atoms with E-state index in [1.807, 2.05) is 19.1 Å². The topological polar surface area (TPSA) is 58.4 Å². The highest BCUT2D eigenvalue weighted by atomic mass is 16.2. The summed E-state index contributed by atoms with van der Waals surface area (Å²) in [5, 5.41) is 3.85. The fraction of sp³-hybridized carbons (Fsp3) is 0.500. The fourth-order valence-electron chi connectivity index (χ4n) is 1.63. The molecule has 0 spiro atoms. The van der Waals surface area contributed by atoms with Crippen LogP contribution in [0.4, 0.5) is 4.79 Å². The van der Waals surface area contributed by atoms with Crippen LogP contribution in [0, 0.1) is 0 Å². The molecule has 3 N–H and O–H groups in total. The quantitative estimate of drug-likeness (QED) is 0.491. The number of rotatable bonds is 3. The van der Waals surface area contributed by atoms with Gasteiger partial charge in [0.25, 0.3) is 0 Å². The normalized spacial score (nSPS) is 11.2. The third kappa shape index (κ3) is 4.04. The number of hydrogen-bond donors (Lipinski definition) is 2. The molecule has 0 aliphatic rings. The molecule has 0 aliphatic carbocycles. The number of benzene rings is 1. The first-order chi connectivity index (χ1) is 8.34. The van der Waals surface area contributed by atoms with Crippen LogP contribution in [-0.4, -0.2) is 17.6 Å². The second-order valence-electron chi connectivity index (χ2n) is 5.41. The number of nitrogens with zero attached hydrogens (tertiary/aromatic N) is 1. The lowest BCUT2D eigenvalue weighted by molar-refractivity contribution is 0.197. The number of carbonyl (C=O) groups excluding carboxylic acids is 1. The van der Waals surface area contributed by atoms with E-state index in [9.17, 15) is 4.79 Å². The van der Waals surface area contributed by atoms with Crippen LogP contribution in [-0.2, 0) is 12.0 Å². The Morgan fingerprint density at radius 1 is 1.28 bits per heavy atom. The molecule has 4 nitrogen and oxygen atoms in total. The highest BCUT2D eigenvalue weighted by Crippen LogP contribution is 2.22.